The molecule has 1 saturated carbocycles. The van der Waals surface area contributed by atoms with Crippen molar-refractivity contribution in [3.63, 3.8) is 0 Å². The molecular weight excluding hydrogens is 462 g/mol. The number of imidazole rings is 1. The highest BCUT2D eigenvalue weighted by Gasteiger charge is 2.45. The summed E-state index contributed by atoms with van der Waals surface area (Å²) < 4.78 is 12.6. The van der Waals surface area contributed by atoms with Crippen LogP contribution in [-0.2, 0) is 14.3 Å². The van der Waals surface area contributed by atoms with Gasteiger partial charge in [0.2, 0.25) is 0 Å². The SMILES string of the molecule is CC(=N)/C(=C(/C)O)c1cc(C(O)C2CC(C)(C)OC2=O)c2nc(C3CC3)n(C(=O)OC(C)(C)C)c2c1. The van der Waals surface area contributed by atoms with Crippen LogP contribution in [-0.4, -0.2) is 48.7 Å². The third-order valence-corrected chi connectivity index (χ3v) is 6.45. The lowest BCUT2D eigenvalue weighted by Crippen LogP contribution is -2.28. The molecule has 194 valence electrons. The summed E-state index contributed by atoms with van der Waals surface area (Å²) in [6.07, 6.45) is 0.207. The lowest BCUT2D eigenvalue weighted by molar-refractivity contribution is -0.150. The van der Waals surface area contributed by atoms with Gasteiger partial charge in [0.1, 0.15) is 17.0 Å². The zero-order valence-electron chi connectivity index (χ0n) is 21.9. The fourth-order valence-corrected chi connectivity index (χ4v) is 4.86. The van der Waals surface area contributed by atoms with Crippen molar-refractivity contribution >= 4 is 34.4 Å². The number of aromatic nitrogens is 2. The third kappa shape index (κ3) is 4.89. The number of nitrogens with zero attached hydrogens (tertiary/aromatic N) is 2. The predicted molar refractivity (Wildman–Crippen MR) is 135 cm³/mol. The number of aliphatic hydroxyl groups excluding tert-OH is 2. The molecule has 2 aliphatic rings. The van der Waals surface area contributed by atoms with Crippen molar-refractivity contribution < 1.29 is 29.3 Å². The minimum absolute atomic E-state index is 0.0746. The van der Waals surface area contributed by atoms with Gasteiger partial charge in [-0.25, -0.2) is 14.3 Å². The molecule has 0 radical (unpaired) electrons. The minimum Gasteiger partial charge on any atom is -0.512 e. The molecule has 0 spiro atoms. The van der Waals surface area contributed by atoms with Crippen LogP contribution in [0.2, 0.25) is 0 Å². The number of rotatable bonds is 5. The van der Waals surface area contributed by atoms with Gasteiger partial charge in [-0.05, 0) is 79.0 Å². The monoisotopic (exact) mass is 497 g/mol. The first-order valence-corrected chi connectivity index (χ1v) is 12.3. The van der Waals surface area contributed by atoms with Crippen LogP contribution in [0.1, 0.15) is 96.7 Å². The fourth-order valence-electron chi connectivity index (χ4n) is 4.86. The highest BCUT2D eigenvalue weighted by molar-refractivity contribution is 6.22. The Labute approximate surface area is 210 Å². The second-order valence-electron chi connectivity index (χ2n) is 11.5. The van der Waals surface area contributed by atoms with Gasteiger partial charge in [-0.3, -0.25) is 4.79 Å². The molecule has 1 saturated heterocycles. The third-order valence-electron chi connectivity index (χ3n) is 6.45. The van der Waals surface area contributed by atoms with Gasteiger partial charge in [0, 0.05) is 29.2 Å². The van der Waals surface area contributed by atoms with Crippen molar-refractivity contribution in [1.82, 2.24) is 9.55 Å². The summed E-state index contributed by atoms with van der Waals surface area (Å²) in [4.78, 5) is 30.8. The maximum atomic E-state index is 13.4. The van der Waals surface area contributed by atoms with E-state index < -0.39 is 35.3 Å². The second-order valence-corrected chi connectivity index (χ2v) is 11.5. The number of fused-ring (bicyclic) bond motifs is 1. The van der Waals surface area contributed by atoms with Crippen LogP contribution in [0.25, 0.3) is 16.6 Å². The Morgan fingerprint density at radius 2 is 1.92 bits per heavy atom. The van der Waals surface area contributed by atoms with Gasteiger partial charge in [0.15, 0.2) is 0 Å². The molecule has 0 bridgehead atoms. The maximum Gasteiger partial charge on any atom is 0.420 e. The van der Waals surface area contributed by atoms with Crippen molar-refractivity contribution in [2.24, 2.45) is 5.92 Å². The minimum atomic E-state index is -1.26. The number of ether oxygens (including phenoxy) is 2. The quantitative estimate of drug-likeness (QED) is 0.286. The van der Waals surface area contributed by atoms with Crippen LogP contribution in [0.5, 0.6) is 0 Å². The van der Waals surface area contributed by atoms with E-state index in [0.717, 1.165) is 12.8 Å². The van der Waals surface area contributed by atoms with E-state index in [2.05, 4.69) is 0 Å². The first-order valence-electron chi connectivity index (χ1n) is 12.3. The summed E-state index contributed by atoms with van der Waals surface area (Å²) in [7, 11) is 0. The molecule has 9 heteroatoms. The Balaban J connectivity index is 1.99. The molecule has 3 N–H and O–H groups in total. The van der Waals surface area contributed by atoms with Crippen LogP contribution in [0.3, 0.4) is 0 Å². The Hall–Kier alpha value is -3.20. The van der Waals surface area contributed by atoms with E-state index in [-0.39, 0.29) is 23.0 Å². The lowest BCUT2D eigenvalue weighted by Gasteiger charge is -2.21. The number of hydrogen-bond donors (Lipinski definition) is 3. The number of carbonyl (C=O) groups is 2. The van der Waals surface area contributed by atoms with Crippen LogP contribution < -0.4 is 0 Å². The standard InChI is InChI=1S/C27H35N3O6/c1-13(28)20(14(2)31)16-10-17(22(32)18-12-27(6,7)35-24(18)33)21-19(11-16)30(23(29-21)15-8-9-15)25(34)36-26(3,4)5/h10-11,15,18,22,28,31-32H,8-9,12H2,1-7H3/b20-14+,28-13?. The molecule has 1 aliphatic heterocycles. The molecule has 1 aromatic carbocycles. The molecule has 0 amide bonds. The predicted octanol–water partition coefficient (Wildman–Crippen LogP) is 5.40. The largest absolute Gasteiger partial charge is 0.512 e. The lowest BCUT2D eigenvalue weighted by atomic mass is 9.87. The number of hydrogen-bond acceptors (Lipinski definition) is 8. The van der Waals surface area contributed by atoms with Crippen molar-refractivity contribution in [3.05, 3.63) is 34.8 Å². The number of nitrogens with one attached hydrogen (secondary N) is 1. The summed E-state index contributed by atoms with van der Waals surface area (Å²) in [5, 5.41) is 30.1. The van der Waals surface area contributed by atoms with Crippen molar-refractivity contribution in [1.29, 1.82) is 5.41 Å². The Bertz CT molecular complexity index is 1290. The van der Waals surface area contributed by atoms with Gasteiger partial charge in [0.05, 0.1) is 28.8 Å². The van der Waals surface area contributed by atoms with Gasteiger partial charge in [-0.15, -0.1) is 0 Å². The molecule has 2 atom stereocenters. The highest BCUT2D eigenvalue weighted by atomic mass is 16.6. The average molecular weight is 498 g/mol. The number of carbonyl (C=O) groups excluding carboxylic acids is 2. The summed E-state index contributed by atoms with van der Waals surface area (Å²) in [6, 6.07) is 3.32. The van der Waals surface area contributed by atoms with E-state index in [4.69, 9.17) is 19.9 Å². The van der Waals surface area contributed by atoms with Gasteiger partial charge >= 0.3 is 12.1 Å². The smallest absolute Gasteiger partial charge is 0.420 e. The Morgan fingerprint density at radius 3 is 2.39 bits per heavy atom. The molecule has 1 aliphatic carbocycles. The molecule has 36 heavy (non-hydrogen) atoms. The molecule has 2 unspecified atom stereocenters. The Kier molecular flexibility index (Phi) is 6.27. The topological polar surface area (TPSA) is 135 Å². The number of esters is 1. The van der Waals surface area contributed by atoms with E-state index in [0.29, 0.717) is 34.4 Å². The van der Waals surface area contributed by atoms with E-state index >= 15 is 0 Å². The number of aliphatic hydroxyl groups is 2. The average Bonchev–Trinajstić information content (AvgIpc) is 3.42. The van der Waals surface area contributed by atoms with Crippen LogP contribution >= 0.6 is 0 Å². The maximum absolute atomic E-state index is 13.4. The zero-order valence-corrected chi connectivity index (χ0v) is 21.9. The van der Waals surface area contributed by atoms with Crippen molar-refractivity contribution in [2.75, 3.05) is 0 Å². The number of cyclic esters (lactones) is 1. The van der Waals surface area contributed by atoms with Gasteiger partial charge < -0.3 is 25.1 Å². The van der Waals surface area contributed by atoms with Crippen molar-refractivity contribution in [3.8, 4) is 0 Å². The van der Waals surface area contributed by atoms with Gasteiger partial charge in [-0.2, -0.15) is 0 Å². The van der Waals surface area contributed by atoms with Crippen LogP contribution in [0, 0.1) is 11.3 Å². The Morgan fingerprint density at radius 1 is 1.28 bits per heavy atom. The van der Waals surface area contributed by atoms with Gasteiger partial charge in [-0.1, -0.05) is 0 Å². The second kappa shape index (κ2) is 8.73. The van der Waals surface area contributed by atoms with Crippen LogP contribution in [0.4, 0.5) is 4.79 Å². The molecule has 9 nitrogen and oxygen atoms in total. The number of allylic oxidation sites excluding steroid dienone is 2. The number of benzene rings is 1. The van der Waals surface area contributed by atoms with E-state index in [1.807, 2.05) is 0 Å². The zero-order chi connectivity index (χ0) is 26.7. The first-order chi connectivity index (χ1) is 16.6. The molecular formula is C27H35N3O6. The highest BCUT2D eigenvalue weighted by Crippen LogP contribution is 2.44. The van der Waals surface area contributed by atoms with E-state index in [9.17, 15) is 19.8 Å². The molecule has 2 fully saturated rings. The summed E-state index contributed by atoms with van der Waals surface area (Å²) in [6.45, 7) is 12.0. The summed E-state index contributed by atoms with van der Waals surface area (Å²) >= 11 is 0. The normalized spacial score (nSPS) is 21.2. The molecule has 2 heterocycles. The van der Waals surface area contributed by atoms with Gasteiger partial charge in [0.25, 0.3) is 0 Å². The molecule has 1 aromatic heterocycles. The summed E-state index contributed by atoms with van der Waals surface area (Å²) in [5.74, 6) is -0.783. The van der Waals surface area contributed by atoms with E-state index in [1.165, 1.54) is 11.5 Å². The molecule has 2 aromatic rings. The molecule has 4 rings (SSSR count). The van der Waals surface area contributed by atoms with E-state index in [1.54, 1.807) is 53.7 Å². The summed E-state index contributed by atoms with van der Waals surface area (Å²) in [5.41, 5.74) is 0.468. The first kappa shape index (κ1) is 25.9. The fraction of sp³-hybridized carbons (Fsp3) is 0.556. The van der Waals surface area contributed by atoms with Crippen molar-refractivity contribution in [2.45, 2.75) is 91.0 Å². The van der Waals surface area contributed by atoms with Crippen LogP contribution in [0.15, 0.2) is 17.9 Å².